The number of hydrogen-bond donors (Lipinski definition) is 1. The Labute approximate surface area is 101 Å². The number of rotatable bonds is 0. The molecular weight excluding hydrogens is 222 g/mol. The van der Waals surface area contributed by atoms with Crippen molar-refractivity contribution < 1.29 is 4.79 Å². The van der Waals surface area contributed by atoms with E-state index in [4.69, 9.17) is 16.4 Å². The number of hydrogen-bond acceptors (Lipinski definition) is 1. The molecule has 2 nitrogen and oxygen atoms in total. The molecule has 0 spiro atoms. The molecule has 0 aliphatic carbocycles. The van der Waals surface area contributed by atoms with Crippen molar-refractivity contribution in [3.63, 3.8) is 0 Å². The molecular formula is C13H14ClNO. The van der Waals surface area contributed by atoms with Crippen LogP contribution in [0.4, 0.5) is 0 Å². The van der Waals surface area contributed by atoms with Crippen LogP contribution in [-0.4, -0.2) is 6.41 Å². The molecule has 0 saturated carbocycles. The summed E-state index contributed by atoms with van der Waals surface area (Å²) in [4.78, 5) is 8.58. The molecule has 0 atom stereocenters. The minimum atomic E-state index is 0.250. The molecule has 1 amide bonds. The molecule has 2 aromatic carbocycles. The van der Waals surface area contributed by atoms with E-state index in [2.05, 4.69) is 5.73 Å². The van der Waals surface area contributed by atoms with E-state index < -0.39 is 0 Å². The average Bonchev–Trinajstić information content (AvgIpc) is 2.34. The van der Waals surface area contributed by atoms with Crippen LogP contribution >= 0.6 is 11.6 Å². The van der Waals surface area contributed by atoms with E-state index in [9.17, 15) is 0 Å². The number of carbonyl (C=O) groups excluding carboxylic acids is 1. The summed E-state index contributed by atoms with van der Waals surface area (Å²) in [5, 5.41) is 0.794. The van der Waals surface area contributed by atoms with E-state index >= 15 is 0 Å². The summed E-state index contributed by atoms with van der Waals surface area (Å²) in [7, 11) is 0. The highest BCUT2D eigenvalue weighted by Gasteiger charge is 1.74. The lowest BCUT2D eigenvalue weighted by Gasteiger charge is -1.80. The second kappa shape index (κ2) is 11.3. The Kier molecular flexibility index (Phi) is 10.0. The molecule has 0 saturated heterocycles. The highest BCUT2D eigenvalue weighted by atomic mass is 35.5. The summed E-state index contributed by atoms with van der Waals surface area (Å²) in [5.74, 6) is 0. The summed E-state index contributed by atoms with van der Waals surface area (Å²) in [6.07, 6.45) is 0.250. The third kappa shape index (κ3) is 10.3. The second-order valence-corrected chi connectivity index (χ2v) is 3.02. The van der Waals surface area contributed by atoms with Gasteiger partial charge >= 0.3 is 0 Å². The zero-order chi connectivity index (χ0) is 12.1. The predicted octanol–water partition coefficient (Wildman–Crippen LogP) is 3.13. The lowest BCUT2D eigenvalue weighted by molar-refractivity contribution is -0.106. The molecule has 3 heteroatoms. The molecule has 0 aliphatic rings. The van der Waals surface area contributed by atoms with Gasteiger partial charge in [0.2, 0.25) is 6.41 Å². The smallest absolute Gasteiger partial charge is 0.204 e. The Balaban J connectivity index is 0.000000230. The lowest BCUT2D eigenvalue weighted by atomic mass is 10.4. The molecule has 2 rings (SSSR count). The fourth-order valence-electron chi connectivity index (χ4n) is 0.800. The molecule has 2 aromatic rings. The summed E-state index contributed by atoms with van der Waals surface area (Å²) in [6, 6.07) is 21.4. The van der Waals surface area contributed by atoms with E-state index in [-0.39, 0.29) is 6.41 Å². The number of carbonyl (C=O) groups is 1. The van der Waals surface area contributed by atoms with Gasteiger partial charge in [-0.3, -0.25) is 4.79 Å². The monoisotopic (exact) mass is 235 g/mol. The van der Waals surface area contributed by atoms with Crippen LogP contribution in [0.3, 0.4) is 0 Å². The standard InChI is InChI=1S/C6H5Cl.C6H6.CH3NO/c7-6-4-2-1-3-5-6;1-2-4-6-5-3-1;2-1-3/h1-5H;1-6H;1H,(H2,2,3). The van der Waals surface area contributed by atoms with Crippen molar-refractivity contribution in [2.24, 2.45) is 5.73 Å². The topological polar surface area (TPSA) is 43.1 Å². The first kappa shape index (κ1) is 14.2. The van der Waals surface area contributed by atoms with Crippen molar-refractivity contribution in [2.75, 3.05) is 0 Å². The molecule has 0 heterocycles. The maximum absolute atomic E-state index is 8.58. The average molecular weight is 236 g/mol. The van der Waals surface area contributed by atoms with E-state index in [1.807, 2.05) is 66.7 Å². The van der Waals surface area contributed by atoms with Crippen LogP contribution in [0.25, 0.3) is 0 Å². The third-order valence-electron chi connectivity index (χ3n) is 1.40. The first-order chi connectivity index (χ1) is 7.81. The van der Waals surface area contributed by atoms with Crippen molar-refractivity contribution in [3.05, 3.63) is 71.8 Å². The van der Waals surface area contributed by atoms with Crippen molar-refractivity contribution in [1.29, 1.82) is 0 Å². The van der Waals surface area contributed by atoms with Gasteiger partial charge in [-0.1, -0.05) is 66.2 Å². The first-order valence-corrected chi connectivity index (χ1v) is 5.05. The van der Waals surface area contributed by atoms with Crippen LogP contribution in [-0.2, 0) is 4.79 Å². The Morgan fingerprint density at radius 1 is 0.812 bits per heavy atom. The van der Waals surface area contributed by atoms with Crippen LogP contribution in [0.1, 0.15) is 0 Å². The highest BCUT2D eigenvalue weighted by Crippen LogP contribution is 2.03. The molecule has 0 unspecified atom stereocenters. The SMILES string of the molecule is Clc1ccccc1.NC=O.c1ccccc1. The Morgan fingerprint density at radius 2 is 1.06 bits per heavy atom. The molecule has 0 bridgehead atoms. The van der Waals surface area contributed by atoms with Crippen molar-refractivity contribution in [2.45, 2.75) is 0 Å². The van der Waals surface area contributed by atoms with E-state index in [1.165, 1.54) is 0 Å². The maximum atomic E-state index is 8.58. The van der Waals surface area contributed by atoms with Crippen molar-refractivity contribution in [1.82, 2.24) is 0 Å². The van der Waals surface area contributed by atoms with Gasteiger partial charge in [0, 0.05) is 5.02 Å². The number of benzene rings is 2. The number of nitrogens with two attached hydrogens (primary N) is 1. The fourth-order valence-corrected chi connectivity index (χ4v) is 0.945. The zero-order valence-electron chi connectivity index (χ0n) is 8.79. The van der Waals surface area contributed by atoms with Gasteiger partial charge in [0.25, 0.3) is 0 Å². The van der Waals surface area contributed by atoms with Crippen LogP contribution in [0.2, 0.25) is 5.02 Å². The molecule has 0 radical (unpaired) electrons. The summed E-state index contributed by atoms with van der Waals surface area (Å²) >= 11 is 5.54. The number of halogens is 1. The predicted molar refractivity (Wildman–Crippen MR) is 68.1 cm³/mol. The maximum Gasteiger partial charge on any atom is 0.204 e. The summed E-state index contributed by atoms with van der Waals surface area (Å²) in [5.41, 5.74) is 4.17. The van der Waals surface area contributed by atoms with Crippen molar-refractivity contribution in [3.8, 4) is 0 Å². The molecule has 2 N–H and O–H groups in total. The Bertz CT molecular complexity index is 324. The van der Waals surface area contributed by atoms with Gasteiger partial charge in [-0.15, -0.1) is 0 Å². The number of primary amides is 1. The second-order valence-electron chi connectivity index (χ2n) is 2.59. The van der Waals surface area contributed by atoms with E-state index in [0.29, 0.717) is 0 Å². The van der Waals surface area contributed by atoms with Crippen LogP contribution in [0.5, 0.6) is 0 Å². The highest BCUT2D eigenvalue weighted by molar-refractivity contribution is 6.30. The molecule has 0 aromatic heterocycles. The minimum absolute atomic E-state index is 0.250. The van der Waals surface area contributed by atoms with Gasteiger partial charge < -0.3 is 5.73 Å². The first-order valence-electron chi connectivity index (χ1n) is 4.67. The van der Waals surface area contributed by atoms with Gasteiger partial charge in [-0.2, -0.15) is 0 Å². The van der Waals surface area contributed by atoms with Crippen molar-refractivity contribution >= 4 is 18.0 Å². The third-order valence-corrected chi connectivity index (χ3v) is 1.65. The summed E-state index contributed by atoms with van der Waals surface area (Å²) < 4.78 is 0. The van der Waals surface area contributed by atoms with Crippen LogP contribution in [0, 0.1) is 0 Å². The number of amides is 1. The zero-order valence-corrected chi connectivity index (χ0v) is 9.55. The van der Waals surface area contributed by atoms with Crippen LogP contribution < -0.4 is 5.73 Å². The molecule has 0 fully saturated rings. The van der Waals surface area contributed by atoms with Gasteiger partial charge in [0.1, 0.15) is 0 Å². The molecule has 16 heavy (non-hydrogen) atoms. The quantitative estimate of drug-likeness (QED) is 0.701. The van der Waals surface area contributed by atoms with Gasteiger partial charge in [-0.25, -0.2) is 0 Å². The minimum Gasteiger partial charge on any atom is -0.372 e. The molecule has 0 aliphatic heterocycles. The van der Waals surface area contributed by atoms with Crippen LogP contribution in [0.15, 0.2) is 66.7 Å². The Hall–Kier alpha value is -1.80. The van der Waals surface area contributed by atoms with Gasteiger partial charge in [0.05, 0.1) is 0 Å². The Morgan fingerprint density at radius 3 is 1.25 bits per heavy atom. The van der Waals surface area contributed by atoms with E-state index in [1.54, 1.807) is 0 Å². The summed E-state index contributed by atoms with van der Waals surface area (Å²) in [6.45, 7) is 0. The molecule has 84 valence electrons. The van der Waals surface area contributed by atoms with Gasteiger partial charge in [-0.05, 0) is 12.1 Å². The fraction of sp³-hybridized carbons (Fsp3) is 0. The largest absolute Gasteiger partial charge is 0.372 e. The van der Waals surface area contributed by atoms with E-state index in [0.717, 1.165) is 5.02 Å². The van der Waals surface area contributed by atoms with Gasteiger partial charge in [0.15, 0.2) is 0 Å². The lowest BCUT2D eigenvalue weighted by Crippen LogP contribution is -1.82. The normalized spacial score (nSPS) is 7.56.